The summed E-state index contributed by atoms with van der Waals surface area (Å²) in [6.07, 6.45) is 0. The SMILES string of the molecule is c1ccc(-c2cccc(-c3cccc(-c4ccc(-c5ccc(-n6c7ccccc7c7cc(-c8ccc9c(c8)c8ccccc8n9-c8ccccc8-c8ccccc8)ccc76)cc5)cc4)c3)c2)cc1. The topological polar surface area (TPSA) is 9.86 Å². The van der Waals surface area contributed by atoms with Crippen LogP contribution in [0.4, 0.5) is 0 Å². The first kappa shape index (κ1) is 39.4. The van der Waals surface area contributed by atoms with Crippen LogP contribution in [-0.4, -0.2) is 9.13 Å². The smallest absolute Gasteiger partial charge is 0.0541 e. The molecule has 2 heterocycles. The minimum absolute atomic E-state index is 1.14. The molecule has 0 N–H and O–H groups in total. The number of benzene rings is 11. The van der Waals surface area contributed by atoms with Crippen molar-refractivity contribution in [1.82, 2.24) is 9.13 Å². The summed E-state index contributed by atoms with van der Waals surface area (Å²) in [6.45, 7) is 0. The van der Waals surface area contributed by atoms with E-state index in [4.69, 9.17) is 0 Å². The normalized spacial score (nSPS) is 11.5. The second-order valence-corrected chi connectivity index (χ2v) is 17.7. The lowest BCUT2D eigenvalue weighted by atomic mass is 9.95. The van der Waals surface area contributed by atoms with Gasteiger partial charge >= 0.3 is 0 Å². The largest absolute Gasteiger partial charge is 0.309 e. The highest BCUT2D eigenvalue weighted by Gasteiger charge is 2.18. The van der Waals surface area contributed by atoms with E-state index in [1.165, 1.54) is 116 Å². The molecule has 0 saturated heterocycles. The first-order valence-corrected chi connectivity index (χ1v) is 23.4. The predicted octanol–water partition coefficient (Wildman–Crippen LogP) is 17.9. The summed E-state index contributed by atoms with van der Waals surface area (Å²) in [5.41, 5.74) is 21.6. The maximum Gasteiger partial charge on any atom is 0.0541 e. The molecule has 0 aliphatic carbocycles. The van der Waals surface area contributed by atoms with E-state index in [0.29, 0.717) is 0 Å². The number of nitrogens with zero attached hydrogens (tertiary/aromatic N) is 2. The predicted molar refractivity (Wildman–Crippen MR) is 288 cm³/mol. The van der Waals surface area contributed by atoms with Gasteiger partial charge in [0, 0.05) is 32.8 Å². The van der Waals surface area contributed by atoms with Crippen molar-refractivity contribution in [2.24, 2.45) is 0 Å². The van der Waals surface area contributed by atoms with Crippen molar-refractivity contribution in [2.45, 2.75) is 0 Å². The van der Waals surface area contributed by atoms with Gasteiger partial charge < -0.3 is 9.13 Å². The monoisotopic (exact) mass is 864 g/mol. The highest BCUT2D eigenvalue weighted by Crippen LogP contribution is 2.40. The minimum atomic E-state index is 1.14. The zero-order valence-corrected chi connectivity index (χ0v) is 37.3. The van der Waals surface area contributed by atoms with E-state index in [9.17, 15) is 0 Å². The van der Waals surface area contributed by atoms with E-state index in [-0.39, 0.29) is 0 Å². The van der Waals surface area contributed by atoms with Crippen LogP contribution in [0.25, 0.3) is 122 Å². The Morgan fingerprint density at radius 1 is 0.191 bits per heavy atom. The Kier molecular flexibility index (Phi) is 9.54. The third-order valence-electron chi connectivity index (χ3n) is 13.8. The van der Waals surface area contributed by atoms with Gasteiger partial charge in [-0.15, -0.1) is 0 Å². The Morgan fingerprint density at radius 2 is 0.544 bits per heavy atom. The fourth-order valence-corrected chi connectivity index (χ4v) is 10.4. The molecule has 13 rings (SSSR count). The molecule has 0 bridgehead atoms. The standard InChI is InChI=1S/C66H44N2/c1-3-15-45(16-4-1)50-19-13-21-52(41-50)53-22-14-20-51(42-53)48-31-29-46(30-32-48)47-33-37-56(38-34-47)67-63-27-11-8-24-58(63)60-43-54(35-39-65(60)67)55-36-40-66-61(44-55)59-25-9-12-28-64(59)68(66)62-26-10-7-23-57(62)49-17-5-2-6-18-49/h1-44H. The van der Waals surface area contributed by atoms with Gasteiger partial charge in [0.1, 0.15) is 0 Å². The van der Waals surface area contributed by atoms with E-state index < -0.39 is 0 Å². The first-order chi connectivity index (χ1) is 33.7. The molecule has 0 amide bonds. The van der Waals surface area contributed by atoms with Crippen LogP contribution in [0.3, 0.4) is 0 Å². The summed E-state index contributed by atoms with van der Waals surface area (Å²) < 4.78 is 4.84. The minimum Gasteiger partial charge on any atom is -0.309 e. The molecular weight excluding hydrogens is 821 g/mol. The number of hydrogen-bond donors (Lipinski definition) is 0. The third-order valence-corrected chi connectivity index (χ3v) is 13.8. The number of para-hydroxylation sites is 3. The van der Waals surface area contributed by atoms with Gasteiger partial charge in [-0.05, 0) is 128 Å². The summed E-state index contributed by atoms with van der Waals surface area (Å²) in [6, 6.07) is 97.3. The molecule has 0 radical (unpaired) electrons. The zero-order chi connectivity index (χ0) is 45.0. The maximum absolute atomic E-state index is 2.43. The van der Waals surface area contributed by atoms with Crippen LogP contribution in [0, 0.1) is 0 Å². The van der Waals surface area contributed by atoms with Gasteiger partial charge in [0.2, 0.25) is 0 Å². The van der Waals surface area contributed by atoms with Crippen LogP contribution in [0.15, 0.2) is 267 Å². The average Bonchev–Trinajstić information content (AvgIpc) is 3.94. The lowest BCUT2D eigenvalue weighted by molar-refractivity contribution is 1.18. The van der Waals surface area contributed by atoms with E-state index in [1.807, 2.05) is 0 Å². The second-order valence-electron chi connectivity index (χ2n) is 17.7. The molecular formula is C66H44N2. The van der Waals surface area contributed by atoms with Crippen LogP contribution in [0.5, 0.6) is 0 Å². The van der Waals surface area contributed by atoms with Crippen molar-refractivity contribution >= 4 is 43.6 Å². The third kappa shape index (κ3) is 6.82. The lowest BCUT2D eigenvalue weighted by Crippen LogP contribution is -1.97. The molecule has 318 valence electrons. The highest BCUT2D eigenvalue weighted by atomic mass is 15.0. The van der Waals surface area contributed by atoms with Gasteiger partial charge in [-0.1, -0.05) is 200 Å². The van der Waals surface area contributed by atoms with Crippen LogP contribution >= 0.6 is 0 Å². The summed E-state index contributed by atoms with van der Waals surface area (Å²) in [7, 11) is 0. The van der Waals surface area contributed by atoms with E-state index >= 15 is 0 Å². The van der Waals surface area contributed by atoms with Crippen molar-refractivity contribution in [3.8, 4) is 78.1 Å². The van der Waals surface area contributed by atoms with Gasteiger partial charge in [0.05, 0.1) is 27.8 Å². The molecule has 2 nitrogen and oxygen atoms in total. The van der Waals surface area contributed by atoms with Crippen LogP contribution < -0.4 is 0 Å². The van der Waals surface area contributed by atoms with Crippen molar-refractivity contribution in [1.29, 1.82) is 0 Å². The molecule has 0 atom stereocenters. The Hall–Kier alpha value is -8.98. The second kappa shape index (κ2) is 16.5. The van der Waals surface area contributed by atoms with Crippen molar-refractivity contribution in [3.05, 3.63) is 267 Å². The molecule has 2 heteroatoms. The van der Waals surface area contributed by atoms with Gasteiger partial charge in [0.25, 0.3) is 0 Å². The number of aromatic nitrogens is 2. The van der Waals surface area contributed by atoms with E-state index in [2.05, 4.69) is 276 Å². The van der Waals surface area contributed by atoms with Crippen LogP contribution in [0.2, 0.25) is 0 Å². The molecule has 13 aromatic rings. The maximum atomic E-state index is 2.43. The zero-order valence-electron chi connectivity index (χ0n) is 37.3. The first-order valence-electron chi connectivity index (χ1n) is 23.4. The summed E-state index contributed by atoms with van der Waals surface area (Å²) in [5.74, 6) is 0. The van der Waals surface area contributed by atoms with E-state index in [0.717, 1.165) is 5.69 Å². The molecule has 0 aliphatic heterocycles. The number of rotatable bonds is 8. The number of fused-ring (bicyclic) bond motifs is 6. The van der Waals surface area contributed by atoms with Crippen LogP contribution in [-0.2, 0) is 0 Å². The molecule has 0 saturated carbocycles. The summed E-state index contributed by atoms with van der Waals surface area (Å²) in [4.78, 5) is 0. The Morgan fingerprint density at radius 3 is 1.12 bits per heavy atom. The van der Waals surface area contributed by atoms with E-state index in [1.54, 1.807) is 0 Å². The molecule has 0 unspecified atom stereocenters. The van der Waals surface area contributed by atoms with Gasteiger partial charge in [-0.3, -0.25) is 0 Å². The van der Waals surface area contributed by atoms with Crippen molar-refractivity contribution < 1.29 is 0 Å². The average molecular weight is 865 g/mol. The summed E-state index contributed by atoms with van der Waals surface area (Å²) in [5, 5.41) is 4.97. The molecule has 11 aromatic carbocycles. The molecule has 0 spiro atoms. The fourth-order valence-electron chi connectivity index (χ4n) is 10.4. The van der Waals surface area contributed by atoms with Crippen molar-refractivity contribution in [2.75, 3.05) is 0 Å². The van der Waals surface area contributed by atoms with Crippen molar-refractivity contribution in [3.63, 3.8) is 0 Å². The summed E-state index contributed by atoms with van der Waals surface area (Å²) >= 11 is 0. The lowest BCUT2D eigenvalue weighted by Gasteiger charge is -2.14. The fraction of sp³-hybridized carbons (Fsp3) is 0. The molecule has 0 fully saturated rings. The Balaban J connectivity index is 0.814. The van der Waals surface area contributed by atoms with Crippen LogP contribution in [0.1, 0.15) is 0 Å². The molecule has 2 aromatic heterocycles. The molecule has 68 heavy (non-hydrogen) atoms. The Labute approximate surface area is 395 Å². The van der Waals surface area contributed by atoms with Gasteiger partial charge in [0.15, 0.2) is 0 Å². The number of hydrogen-bond acceptors (Lipinski definition) is 0. The Bertz CT molecular complexity index is 3990. The quantitative estimate of drug-likeness (QED) is 0.144. The van der Waals surface area contributed by atoms with Gasteiger partial charge in [-0.2, -0.15) is 0 Å². The highest BCUT2D eigenvalue weighted by molar-refractivity contribution is 6.13. The van der Waals surface area contributed by atoms with Gasteiger partial charge in [-0.25, -0.2) is 0 Å². The molecule has 0 aliphatic rings.